The molecule has 5 nitrogen and oxygen atoms in total. The Kier molecular flexibility index (Phi) is 2.50. The smallest absolute Gasteiger partial charge is 0.250 e. The molecule has 1 saturated carbocycles. The molecule has 3 aliphatic rings. The van der Waals surface area contributed by atoms with Crippen LogP contribution in [0.3, 0.4) is 0 Å². The van der Waals surface area contributed by atoms with Crippen molar-refractivity contribution in [2.24, 2.45) is 17.6 Å². The number of ether oxygens (including phenoxy) is 2. The average molecular weight is 238 g/mol. The van der Waals surface area contributed by atoms with Crippen LogP contribution >= 0.6 is 0 Å². The highest BCUT2D eigenvalue weighted by atomic mass is 16.7. The standard InChI is InChI=1S/C12H18N2O3/c13-11(15)9-5-8-6-12(16-3-4-17-12)2-1-10(8)14-7-9/h3-4,8-10,14H,1-2,5-7H2,(H2,13,15). The monoisotopic (exact) mass is 238 g/mol. The summed E-state index contributed by atoms with van der Waals surface area (Å²) in [5, 5.41) is 3.43. The Labute approximate surface area is 100 Å². The van der Waals surface area contributed by atoms with Gasteiger partial charge in [-0.15, -0.1) is 0 Å². The molecule has 5 heteroatoms. The predicted octanol–water partition coefficient (Wildman–Crippen LogP) is 0.464. The molecule has 0 radical (unpaired) electrons. The molecule has 0 aromatic rings. The third kappa shape index (κ3) is 1.88. The van der Waals surface area contributed by atoms with Crippen LogP contribution in [-0.2, 0) is 14.3 Å². The van der Waals surface area contributed by atoms with Gasteiger partial charge in [0.1, 0.15) is 12.5 Å². The zero-order valence-corrected chi connectivity index (χ0v) is 9.72. The van der Waals surface area contributed by atoms with Crippen molar-refractivity contribution in [1.29, 1.82) is 0 Å². The van der Waals surface area contributed by atoms with Crippen molar-refractivity contribution < 1.29 is 14.3 Å². The lowest BCUT2D eigenvalue weighted by Gasteiger charge is -2.44. The van der Waals surface area contributed by atoms with E-state index in [0.29, 0.717) is 18.5 Å². The number of nitrogens with one attached hydrogen (secondary N) is 1. The minimum atomic E-state index is -0.470. The van der Waals surface area contributed by atoms with Crippen LogP contribution in [0.2, 0.25) is 0 Å². The SMILES string of the molecule is NC(=O)C1CNC2CCC3(CC2C1)OC=CO3. The van der Waals surface area contributed by atoms with Crippen LogP contribution in [0.25, 0.3) is 0 Å². The van der Waals surface area contributed by atoms with E-state index in [2.05, 4.69) is 5.32 Å². The largest absolute Gasteiger partial charge is 0.457 e. The zero-order chi connectivity index (χ0) is 11.9. The maximum Gasteiger partial charge on any atom is 0.250 e. The van der Waals surface area contributed by atoms with E-state index < -0.39 is 5.79 Å². The van der Waals surface area contributed by atoms with Gasteiger partial charge in [0.25, 0.3) is 0 Å². The van der Waals surface area contributed by atoms with Crippen molar-refractivity contribution >= 4 is 5.91 Å². The van der Waals surface area contributed by atoms with Crippen LogP contribution in [0.1, 0.15) is 25.7 Å². The second-order valence-electron chi connectivity index (χ2n) is 5.27. The van der Waals surface area contributed by atoms with Crippen LogP contribution in [0.4, 0.5) is 0 Å². The first kappa shape index (κ1) is 10.9. The molecule has 1 aliphatic carbocycles. The number of fused-ring (bicyclic) bond motifs is 1. The second-order valence-corrected chi connectivity index (χ2v) is 5.27. The summed E-state index contributed by atoms with van der Waals surface area (Å²) in [6.45, 7) is 0.712. The Morgan fingerprint density at radius 3 is 2.88 bits per heavy atom. The number of hydrogen-bond acceptors (Lipinski definition) is 4. The fourth-order valence-corrected chi connectivity index (χ4v) is 3.28. The number of hydrogen-bond donors (Lipinski definition) is 2. The van der Waals surface area contributed by atoms with Gasteiger partial charge in [0, 0.05) is 25.4 Å². The van der Waals surface area contributed by atoms with E-state index in [0.717, 1.165) is 25.7 Å². The predicted molar refractivity (Wildman–Crippen MR) is 60.5 cm³/mol. The van der Waals surface area contributed by atoms with Gasteiger partial charge in [0.2, 0.25) is 11.7 Å². The summed E-state index contributed by atoms with van der Waals surface area (Å²) in [5.41, 5.74) is 5.38. The summed E-state index contributed by atoms with van der Waals surface area (Å²) in [6, 6.07) is 0.476. The van der Waals surface area contributed by atoms with E-state index in [9.17, 15) is 4.79 Å². The maximum atomic E-state index is 11.2. The highest BCUT2D eigenvalue weighted by Gasteiger charge is 2.47. The van der Waals surface area contributed by atoms with Gasteiger partial charge in [0.15, 0.2) is 0 Å². The Hall–Kier alpha value is -1.23. The van der Waals surface area contributed by atoms with Gasteiger partial charge in [0.05, 0.1) is 5.92 Å². The van der Waals surface area contributed by atoms with Crippen molar-refractivity contribution in [1.82, 2.24) is 5.32 Å². The molecule has 94 valence electrons. The number of rotatable bonds is 1. The molecule has 1 amide bonds. The first-order chi connectivity index (χ1) is 8.19. The van der Waals surface area contributed by atoms with E-state index in [1.54, 1.807) is 12.5 Å². The fourth-order valence-electron chi connectivity index (χ4n) is 3.28. The van der Waals surface area contributed by atoms with E-state index >= 15 is 0 Å². The molecule has 3 rings (SSSR count). The van der Waals surface area contributed by atoms with Gasteiger partial charge >= 0.3 is 0 Å². The molecule has 0 bridgehead atoms. The lowest BCUT2D eigenvalue weighted by molar-refractivity contribution is -0.181. The Morgan fingerprint density at radius 1 is 1.41 bits per heavy atom. The topological polar surface area (TPSA) is 73.6 Å². The number of amides is 1. The first-order valence-corrected chi connectivity index (χ1v) is 6.22. The van der Waals surface area contributed by atoms with Crippen molar-refractivity contribution in [3.63, 3.8) is 0 Å². The van der Waals surface area contributed by atoms with Crippen molar-refractivity contribution in [3.8, 4) is 0 Å². The average Bonchev–Trinajstić information content (AvgIpc) is 2.76. The molecule has 2 aliphatic heterocycles. The summed E-state index contributed by atoms with van der Waals surface area (Å²) in [6.07, 6.45) is 6.83. The Bertz CT molecular complexity index is 348. The van der Waals surface area contributed by atoms with Crippen LogP contribution in [0, 0.1) is 11.8 Å². The fraction of sp³-hybridized carbons (Fsp3) is 0.750. The molecule has 1 saturated heterocycles. The van der Waals surface area contributed by atoms with Crippen molar-refractivity contribution in [2.45, 2.75) is 37.5 Å². The maximum absolute atomic E-state index is 11.2. The molecular formula is C12H18N2O3. The van der Waals surface area contributed by atoms with Crippen LogP contribution in [0.5, 0.6) is 0 Å². The number of carbonyl (C=O) groups excluding carboxylic acids is 1. The van der Waals surface area contributed by atoms with Gasteiger partial charge in [-0.3, -0.25) is 4.79 Å². The normalized spacial score (nSPS) is 38.2. The summed E-state index contributed by atoms with van der Waals surface area (Å²) < 4.78 is 11.2. The lowest BCUT2D eigenvalue weighted by atomic mass is 9.73. The Balaban J connectivity index is 1.69. The van der Waals surface area contributed by atoms with E-state index in [1.165, 1.54) is 0 Å². The summed E-state index contributed by atoms with van der Waals surface area (Å²) >= 11 is 0. The van der Waals surface area contributed by atoms with Gasteiger partial charge in [-0.1, -0.05) is 0 Å². The number of piperidine rings is 1. The first-order valence-electron chi connectivity index (χ1n) is 6.22. The van der Waals surface area contributed by atoms with Gasteiger partial charge in [-0.25, -0.2) is 0 Å². The zero-order valence-electron chi connectivity index (χ0n) is 9.72. The lowest BCUT2D eigenvalue weighted by Crippen LogP contribution is -2.54. The molecule has 2 fully saturated rings. The summed E-state index contributed by atoms with van der Waals surface area (Å²) in [7, 11) is 0. The quantitative estimate of drug-likeness (QED) is 0.696. The third-order valence-corrected chi connectivity index (χ3v) is 4.22. The van der Waals surface area contributed by atoms with E-state index in [-0.39, 0.29) is 11.8 Å². The number of carbonyl (C=O) groups is 1. The highest BCUT2D eigenvalue weighted by molar-refractivity contribution is 5.77. The van der Waals surface area contributed by atoms with Gasteiger partial charge in [-0.05, 0) is 18.8 Å². The summed E-state index contributed by atoms with van der Waals surface area (Å²) in [4.78, 5) is 11.2. The van der Waals surface area contributed by atoms with Crippen molar-refractivity contribution in [3.05, 3.63) is 12.5 Å². The molecule has 0 aromatic carbocycles. The minimum Gasteiger partial charge on any atom is -0.457 e. The van der Waals surface area contributed by atoms with Gasteiger partial charge < -0.3 is 20.5 Å². The molecule has 3 atom stereocenters. The van der Waals surface area contributed by atoms with E-state index in [4.69, 9.17) is 15.2 Å². The van der Waals surface area contributed by atoms with Crippen LogP contribution in [-0.4, -0.2) is 24.3 Å². The third-order valence-electron chi connectivity index (χ3n) is 4.22. The molecule has 17 heavy (non-hydrogen) atoms. The van der Waals surface area contributed by atoms with Crippen LogP contribution in [0.15, 0.2) is 12.5 Å². The molecule has 3 unspecified atom stereocenters. The second kappa shape index (κ2) is 3.91. The molecule has 0 aromatic heterocycles. The molecule has 3 N–H and O–H groups in total. The van der Waals surface area contributed by atoms with Gasteiger partial charge in [-0.2, -0.15) is 0 Å². The van der Waals surface area contributed by atoms with Crippen molar-refractivity contribution in [2.75, 3.05) is 6.54 Å². The molecule has 1 spiro atoms. The van der Waals surface area contributed by atoms with Crippen LogP contribution < -0.4 is 11.1 Å². The number of nitrogens with two attached hydrogens (primary N) is 1. The molecular weight excluding hydrogens is 220 g/mol. The minimum absolute atomic E-state index is 0.0548. The van der Waals surface area contributed by atoms with E-state index in [1.807, 2.05) is 0 Å². The Morgan fingerprint density at radius 2 is 2.18 bits per heavy atom. The summed E-state index contributed by atoms with van der Waals surface area (Å²) in [5.74, 6) is -0.319. The molecule has 2 heterocycles. The highest BCUT2D eigenvalue weighted by Crippen LogP contribution is 2.42. The number of primary amides is 1.